The van der Waals surface area contributed by atoms with E-state index in [1.165, 1.54) is 26.1 Å². The maximum Gasteiger partial charge on any atom is 0.163 e. The van der Waals surface area contributed by atoms with Crippen molar-refractivity contribution >= 4 is 5.78 Å². The summed E-state index contributed by atoms with van der Waals surface area (Å²) in [4.78, 5) is 14.0. The van der Waals surface area contributed by atoms with Crippen molar-refractivity contribution < 1.29 is 9.53 Å². The zero-order valence-electron chi connectivity index (χ0n) is 12.7. The molecule has 1 aromatic carbocycles. The van der Waals surface area contributed by atoms with E-state index in [4.69, 9.17) is 4.74 Å². The van der Waals surface area contributed by atoms with Crippen molar-refractivity contribution in [3.8, 4) is 5.75 Å². The number of piperidine rings is 1. The van der Waals surface area contributed by atoms with Crippen LogP contribution in [0.2, 0.25) is 0 Å². The molecule has 2 atom stereocenters. The van der Waals surface area contributed by atoms with Crippen molar-refractivity contribution in [3.63, 3.8) is 0 Å². The molecular weight excluding hydrogens is 264 g/mol. The van der Waals surface area contributed by atoms with Crippen molar-refractivity contribution in [2.75, 3.05) is 39.3 Å². The van der Waals surface area contributed by atoms with Crippen molar-refractivity contribution in [1.82, 2.24) is 10.2 Å². The van der Waals surface area contributed by atoms with Gasteiger partial charge in [-0.3, -0.25) is 9.69 Å². The van der Waals surface area contributed by atoms with Crippen molar-refractivity contribution in [3.05, 3.63) is 29.8 Å². The summed E-state index contributed by atoms with van der Waals surface area (Å²) >= 11 is 0. The van der Waals surface area contributed by atoms with E-state index in [-0.39, 0.29) is 5.78 Å². The standard InChI is InChI=1S/C17H24N2O2/c1-13(20)16-4-2-3-5-17(16)21-9-8-19-7-6-14-10-18-11-15(14)12-19/h2-5,14-15,18H,6-12H2,1H3. The van der Waals surface area contributed by atoms with E-state index in [2.05, 4.69) is 10.2 Å². The molecule has 0 aromatic heterocycles. The molecular formula is C17H24N2O2. The molecule has 2 fully saturated rings. The summed E-state index contributed by atoms with van der Waals surface area (Å²) in [5.41, 5.74) is 0.677. The second-order valence-electron chi connectivity index (χ2n) is 6.17. The number of ether oxygens (including phenoxy) is 1. The van der Waals surface area contributed by atoms with E-state index in [0.29, 0.717) is 17.9 Å². The Hall–Kier alpha value is -1.39. The molecule has 2 saturated heterocycles. The molecule has 0 saturated carbocycles. The third kappa shape index (κ3) is 3.44. The zero-order valence-corrected chi connectivity index (χ0v) is 12.7. The number of hydrogen-bond acceptors (Lipinski definition) is 4. The molecule has 2 heterocycles. The van der Waals surface area contributed by atoms with Crippen LogP contribution in [0.3, 0.4) is 0 Å². The molecule has 0 amide bonds. The number of carbonyl (C=O) groups excluding carboxylic acids is 1. The molecule has 0 bridgehead atoms. The lowest BCUT2D eigenvalue weighted by atomic mass is 9.89. The Bertz CT molecular complexity index is 503. The van der Waals surface area contributed by atoms with Gasteiger partial charge in [-0.05, 0) is 56.9 Å². The van der Waals surface area contributed by atoms with Crippen LogP contribution in [-0.2, 0) is 0 Å². The Kier molecular flexibility index (Phi) is 4.56. The summed E-state index contributed by atoms with van der Waals surface area (Å²) in [6.45, 7) is 7.87. The summed E-state index contributed by atoms with van der Waals surface area (Å²) in [5.74, 6) is 2.45. The van der Waals surface area contributed by atoms with Crippen molar-refractivity contribution in [2.24, 2.45) is 11.8 Å². The van der Waals surface area contributed by atoms with Gasteiger partial charge in [-0.25, -0.2) is 0 Å². The van der Waals surface area contributed by atoms with Gasteiger partial charge in [0.15, 0.2) is 5.78 Å². The third-order valence-electron chi connectivity index (χ3n) is 4.72. The highest BCUT2D eigenvalue weighted by Crippen LogP contribution is 2.26. The Morgan fingerprint density at radius 3 is 3.00 bits per heavy atom. The van der Waals surface area contributed by atoms with Crippen LogP contribution in [0.5, 0.6) is 5.75 Å². The smallest absolute Gasteiger partial charge is 0.163 e. The summed E-state index contributed by atoms with van der Waals surface area (Å²) in [7, 11) is 0. The van der Waals surface area contributed by atoms with Crippen LogP contribution in [0, 0.1) is 11.8 Å². The van der Waals surface area contributed by atoms with Crippen molar-refractivity contribution in [1.29, 1.82) is 0 Å². The number of nitrogens with zero attached hydrogens (tertiary/aromatic N) is 1. The summed E-state index contributed by atoms with van der Waals surface area (Å²) in [6.07, 6.45) is 1.29. The second kappa shape index (κ2) is 6.58. The number of rotatable bonds is 5. The van der Waals surface area contributed by atoms with Crippen molar-refractivity contribution in [2.45, 2.75) is 13.3 Å². The Morgan fingerprint density at radius 2 is 2.14 bits per heavy atom. The number of fused-ring (bicyclic) bond motifs is 1. The molecule has 4 heteroatoms. The summed E-state index contributed by atoms with van der Waals surface area (Å²) in [6, 6.07) is 7.50. The summed E-state index contributed by atoms with van der Waals surface area (Å²) in [5, 5.41) is 3.49. The number of hydrogen-bond donors (Lipinski definition) is 1. The van der Waals surface area contributed by atoms with Gasteiger partial charge < -0.3 is 10.1 Å². The predicted molar refractivity (Wildman–Crippen MR) is 82.8 cm³/mol. The fraction of sp³-hybridized carbons (Fsp3) is 0.588. The van der Waals surface area contributed by atoms with E-state index >= 15 is 0 Å². The average Bonchev–Trinajstić information content (AvgIpc) is 2.95. The number of nitrogens with one attached hydrogen (secondary N) is 1. The van der Waals surface area contributed by atoms with Gasteiger partial charge in [-0.1, -0.05) is 12.1 Å². The third-order valence-corrected chi connectivity index (χ3v) is 4.72. The minimum absolute atomic E-state index is 0.0587. The van der Waals surface area contributed by atoms with E-state index < -0.39 is 0 Å². The van der Waals surface area contributed by atoms with Gasteiger partial charge in [0.05, 0.1) is 5.56 Å². The van der Waals surface area contributed by atoms with Gasteiger partial charge in [0.1, 0.15) is 12.4 Å². The molecule has 0 aliphatic carbocycles. The molecule has 1 aromatic rings. The minimum atomic E-state index is 0.0587. The van der Waals surface area contributed by atoms with Gasteiger partial charge in [0.2, 0.25) is 0 Å². The molecule has 1 N–H and O–H groups in total. The van der Waals surface area contributed by atoms with Crippen LogP contribution in [0.15, 0.2) is 24.3 Å². The number of para-hydroxylation sites is 1. The normalized spacial score (nSPS) is 25.6. The number of likely N-dealkylation sites (tertiary alicyclic amines) is 1. The van der Waals surface area contributed by atoms with Crippen LogP contribution in [0.25, 0.3) is 0 Å². The van der Waals surface area contributed by atoms with Gasteiger partial charge >= 0.3 is 0 Å². The largest absolute Gasteiger partial charge is 0.491 e. The number of ketones is 1. The zero-order chi connectivity index (χ0) is 14.7. The maximum atomic E-state index is 11.6. The average molecular weight is 288 g/mol. The molecule has 2 aliphatic rings. The Labute approximate surface area is 126 Å². The molecule has 114 valence electrons. The first-order valence-electron chi connectivity index (χ1n) is 7.90. The number of Topliss-reactive ketones (excluding diaryl/α,β-unsaturated/α-hetero) is 1. The highest BCUT2D eigenvalue weighted by atomic mass is 16.5. The van der Waals surface area contributed by atoms with E-state index in [1.807, 2.05) is 24.3 Å². The molecule has 21 heavy (non-hydrogen) atoms. The lowest BCUT2D eigenvalue weighted by Crippen LogP contribution is -2.41. The van der Waals surface area contributed by atoms with Gasteiger partial charge in [-0.15, -0.1) is 0 Å². The first-order valence-corrected chi connectivity index (χ1v) is 7.90. The fourth-order valence-corrected chi connectivity index (χ4v) is 3.48. The molecule has 4 nitrogen and oxygen atoms in total. The topological polar surface area (TPSA) is 41.6 Å². The predicted octanol–water partition coefficient (Wildman–Crippen LogP) is 1.81. The van der Waals surface area contributed by atoms with Crippen LogP contribution in [0.4, 0.5) is 0 Å². The van der Waals surface area contributed by atoms with Crippen LogP contribution in [-0.4, -0.2) is 50.0 Å². The molecule has 0 radical (unpaired) electrons. The fourth-order valence-electron chi connectivity index (χ4n) is 3.48. The highest BCUT2D eigenvalue weighted by molar-refractivity contribution is 5.96. The molecule has 0 spiro atoms. The quantitative estimate of drug-likeness (QED) is 0.839. The summed E-state index contributed by atoms with van der Waals surface area (Å²) < 4.78 is 5.83. The van der Waals surface area contributed by atoms with E-state index in [0.717, 1.165) is 24.9 Å². The Morgan fingerprint density at radius 1 is 1.33 bits per heavy atom. The number of benzene rings is 1. The SMILES string of the molecule is CC(=O)c1ccccc1OCCN1CCC2CNCC2C1. The first kappa shape index (κ1) is 14.5. The second-order valence-corrected chi connectivity index (χ2v) is 6.17. The van der Waals surface area contributed by atoms with Gasteiger partial charge in [0, 0.05) is 13.1 Å². The molecule has 2 aliphatic heterocycles. The number of carbonyl (C=O) groups is 1. The lowest BCUT2D eigenvalue weighted by Gasteiger charge is -2.34. The van der Waals surface area contributed by atoms with E-state index in [1.54, 1.807) is 6.92 Å². The Balaban J connectivity index is 1.49. The minimum Gasteiger partial charge on any atom is -0.491 e. The molecule has 3 rings (SSSR count). The monoisotopic (exact) mass is 288 g/mol. The van der Waals surface area contributed by atoms with Gasteiger partial charge in [0.25, 0.3) is 0 Å². The highest BCUT2D eigenvalue weighted by Gasteiger charge is 2.32. The molecule has 2 unspecified atom stereocenters. The van der Waals surface area contributed by atoms with Crippen LogP contribution < -0.4 is 10.1 Å². The van der Waals surface area contributed by atoms with Crippen LogP contribution >= 0.6 is 0 Å². The van der Waals surface area contributed by atoms with E-state index in [9.17, 15) is 4.79 Å². The maximum absolute atomic E-state index is 11.6. The van der Waals surface area contributed by atoms with Gasteiger partial charge in [-0.2, -0.15) is 0 Å². The lowest BCUT2D eigenvalue weighted by molar-refractivity contribution is 0.101. The first-order chi connectivity index (χ1) is 10.2. The van der Waals surface area contributed by atoms with Crippen LogP contribution in [0.1, 0.15) is 23.7 Å².